The Kier molecular flexibility index (Phi) is 5.70. The van der Waals surface area contributed by atoms with Crippen molar-refractivity contribution in [2.75, 3.05) is 10.6 Å². The van der Waals surface area contributed by atoms with Gasteiger partial charge in [-0.3, -0.25) is 5.32 Å². The molecule has 2 N–H and O–H groups in total. The average molecular weight is 320 g/mol. The molecule has 0 aromatic heterocycles. The van der Waals surface area contributed by atoms with E-state index in [9.17, 15) is 4.79 Å². The SMILES string of the molecule is C=C(Nc1cc(C)cc(NC(=O)OC(C)(C)C)c1)OC(C)(C)C. The van der Waals surface area contributed by atoms with Crippen molar-refractivity contribution < 1.29 is 14.3 Å². The lowest BCUT2D eigenvalue weighted by Gasteiger charge is -2.23. The molecule has 1 rings (SSSR count). The number of ether oxygens (including phenoxy) is 2. The van der Waals surface area contributed by atoms with E-state index in [1.165, 1.54) is 0 Å². The van der Waals surface area contributed by atoms with Crippen LogP contribution in [0.2, 0.25) is 0 Å². The lowest BCUT2D eigenvalue weighted by atomic mass is 10.2. The zero-order valence-corrected chi connectivity index (χ0v) is 15.2. The van der Waals surface area contributed by atoms with Gasteiger partial charge >= 0.3 is 6.09 Å². The highest BCUT2D eigenvalue weighted by atomic mass is 16.6. The standard InChI is InChI=1S/C18H28N2O3/c1-12-9-14(19-13(2)22-17(3,4)5)11-15(10-12)20-16(21)23-18(6,7)8/h9-11,19H,2H2,1,3-8H3,(H,20,21). The topological polar surface area (TPSA) is 59.6 Å². The first-order valence-electron chi connectivity index (χ1n) is 7.61. The molecule has 1 aromatic rings. The maximum atomic E-state index is 11.9. The van der Waals surface area contributed by atoms with Gasteiger partial charge < -0.3 is 14.8 Å². The molecule has 0 aliphatic rings. The van der Waals surface area contributed by atoms with Crippen LogP contribution in [0.3, 0.4) is 0 Å². The second-order valence-electron chi connectivity index (χ2n) is 7.48. The summed E-state index contributed by atoms with van der Waals surface area (Å²) in [6.45, 7) is 17.1. The number of aryl methyl sites for hydroxylation is 1. The third-order valence-corrected chi connectivity index (χ3v) is 2.44. The first kappa shape index (κ1) is 18.9. The minimum absolute atomic E-state index is 0.328. The fourth-order valence-electron chi connectivity index (χ4n) is 1.90. The number of benzene rings is 1. The van der Waals surface area contributed by atoms with Crippen LogP contribution < -0.4 is 10.6 Å². The molecule has 23 heavy (non-hydrogen) atoms. The quantitative estimate of drug-likeness (QED) is 0.763. The fourth-order valence-corrected chi connectivity index (χ4v) is 1.90. The first-order valence-corrected chi connectivity index (χ1v) is 7.61. The Hall–Kier alpha value is -2.17. The summed E-state index contributed by atoms with van der Waals surface area (Å²) in [7, 11) is 0. The van der Waals surface area contributed by atoms with Gasteiger partial charge in [0.05, 0.1) is 0 Å². The number of anilines is 2. The summed E-state index contributed by atoms with van der Waals surface area (Å²) in [5, 5.41) is 5.82. The summed E-state index contributed by atoms with van der Waals surface area (Å²) >= 11 is 0. The molecule has 5 nitrogen and oxygen atoms in total. The molecule has 128 valence electrons. The summed E-state index contributed by atoms with van der Waals surface area (Å²) in [6.07, 6.45) is -0.487. The van der Waals surface area contributed by atoms with Gasteiger partial charge in [0.15, 0.2) is 5.88 Å². The van der Waals surface area contributed by atoms with Crippen LogP contribution in [0.15, 0.2) is 30.7 Å². The third kappa shape index (κ3) is 8.14. The fraction of sp³-hybridized carbons (Fsp3) is 0.500. The van der Waals surface area contributed by atoms with Crippen LogP contribution in [0.5, 0.6) is 0 Å². The van der Waals surface area contributed by atoms with Gasteiger partial charge in [-0.05, 0) is 78.8 Å². The van der Waals surface area contributed by atoms with Crippen molar-refractivity contribution in [3.8, 4) is 0 Å². The van der Waals surface area contributed by atoms with Crippen LogP contribution in [0.25, 0.3) is 0 Å². The number of amides is 1. The minimum atomic E-state index is -0.538. The summed E-state index contributed by atoms with van der Waals surface area (Å²) in [4.78, 5) is 11.9. The molecule has 0 fully saturated rings. The minimum Gasteiger partial charge on any atom is -0.474 e. The zero-order valence-electron chi connectivity index (χ0n) is 15.2. The number of carbonyl (C=O) groups is 1. The number of carbonyl (C=O) groups excluding carboxylic acids is 1. The number of hydrogen-bond donors (Lipinski definition) is 2. The zero-order chi connectivity index (χ0) is 17.8. The van der Waals surface area contributed by atoms with Crippen LogP contribution in [0.1, 0.15) is 47.1 Å². The molecule has 0 atom stereocenters. The lowest BCUT2D eigenvalue weighted by Crippen LogP contribution is -2.27. The Morgan fingerprint density at radius 2 is 1.39 bits per heavy atom. The van der Waals surface area contributed by atoms with Crippen molar-refractivity contribution in [1.29, 1.82) is 0 Å². The van der Waals surface area contributed by atoms with Crippen molar-refractivity contribution in [2.45, 2.75) is 59.7 Å². The maximum Gasteiger partial charge on any atom is 0.412 e. The van der Waals surface area contributed by atoms with E-state index in [0.29, 0.717) is 11.6 Å². The van der Waals surface area contributed by atoms with Crippen molar-refractivity contribution in [3.05, 3.63) is 36.2 Å². The molecule has 0 aliphatic heterocycles. The first-order chi connectivity index (χ1) is 10.3. The van der Waals surface area contributed by atoms with E-state index in [0.717, 1.165) is 11.3 Å². The monoisotopic (exact) mass is 320 g/mol. The largest absolute Gasteiger partial charge is 0.474 e. The summed E-state index contributed by atoms with van der Waals surface area (Å²) < 4.78 is 10.9. The second kappa shape index (κ2) is 6.94. The van der Waals surface area contributed by atoms with E-state index >= 15 is 0 Å². The Balaban J connectivity index is 2.79. The van der Waals surface area contributed by atoms with Gasteiger partial charge in [0.2, 0.25) is 0 Å². The molecule has 0 heterocycles. The van der Waals surface area contributed by atoms with Gasteiger partial charge in [0.1, 0.15) is 11.2 Å². The molecule has 1 aromatic carbocycles. The van der Waals surface area contributed by atoms with Gasteiger partial charge in [-0.2, -0.15) is 0 Å². The normalized spacial score (nSPS) is 11.6. The summed E-state index contributed by atoms with van der Waals surface area (Å²) in [5.74, 6) is 0.450. The molecule has 0 radical (unpaired) electrons. The van der Waals surface area contributed by atoms with Crippen molar-refractivity contribution >= 4 is 17.5 Å². The Morgan fingerprint density at radius 1 is 0.913 bits per heavy atom. The van der Waals surface area contributed by atoms with E-state index in [4.69, 9.17) is 9.47 Å². The summed E-state index contributed by atoms with van der Waals surface area (Å²) in [6, 6.07) is 5.61. The van der Waals surface area contributed by atoms with Gasteiger partial charge in [-0.1, -0.05) is 0 Å². The number of rotatable bonds is 4. The number of hydrogen-bond acceptors (Lipinski definition) is 4. The van der Waals surface area contributed by atoms with Gasteiger partial charge in [-0.25, -0.2) is 4.79 Å². The Bertz CT molecular complexity index is 533. The van der Waals surface area contributed by atoms with Crippen LogP contribution >= 0.6 is 0 Å². The molecule has 1 amide bonds. The van der Waals surface area contributed by atoms with E-state index in [1.807, 2.05) is 60.6 Å². The highest BCUT2D eigenvalue weighted by Gasteiger charge is 2.17. The molecule has 0 spiro atoms. The summed E-state index contributed by atoms with van der Waals surface area (Å²) in [5.41, 5.74) is 1.55. The Labute approximate surface area is 139 Å². The molecule has 5 heteroatoms. The lowest BCUT2D eigenvalue weighted by molar-refractivity contribution is 0.0564. The van der Waals surface area contributed by atoms with Gasteiger partial charge in [-0.15, -0.1) is 0 Å². The van der Waals surface area contributed by atoms with Crippen molar-refractivity contribution in [1.82, 2.24) is 0 Å². The Morgan fingerprint density at radius 3 is 1.87 bits per heavy atom. The molecular weight excluding hydrogens is 292 g/mol. The maximum absolute atomic E-state index is 11.9. The van der Waals surface area contributed by atoms with Crippen molar-refractivity contribution in [2.24, 2.45) is 0 Å². The molecule has 0 bridgehead atoms. The van der Waals surface area contributed by atoms with Crippen LogP contribution in [0, 0.1) is 6.92 Å². The predicted molar refractivity (Wildman–Crippen MR) is 94.6 cm³/mol. The third-order valence-electron chi connectivity index (χ3n) is 2.44. The van der Waals surface area contributed by atoms with Gasteiger partial charge in [0, 0.05) is 11.4 Å². The van der Waals surface area contributed by atoms with E-state index in [1.54, 1.807) is 6.07 Å². The van der Waals surface area contributed by atoms with E-state index < -0.39 is 11.7 Å². The van der Waals surface area contributed by atoms with Gasteiger partial charge in [0.25, 0.3) is 0 Å². The van der Waals surface area contributed by atoms with E-state index in [-0.39, 0.29) is 5.60 Å². The average Bonchev–Trinajstić information content (AvgIpc) is 2.20. The number of nitrogens with one attached hydrogen (secondary N) is 2. The predicted octanol–water partition coefficient (Wildman–Crippen LogP) is 5.04. The highest BCUT2D eigenvalue weighted by molar-refractivity contribution is 5.86. The highest BCUT2D eigenvalue weighted by Crippen LogP contribution is 2.22. The van der Waals surface area contributed by atoms with E-state index in [2.05, 4.69) is 17.2 Å². The van der Waals surface area contributed by atoms with Crippen LogP contribution in [-0.2, 0) is 9.47 Å². The van der Waals surface area contributed by atoms with Crippen LogP contribution in [-0.4, -0.2) is 17.3 Å². The molecule has 0 unspecified atom stereocenters. The molecular formula is C18H28N2O3. The molecule has 0 saturated heterocycles. The smallest absolute Gasteiger partial charge is 0.412 e. The van der Waals surface area contributed by atoms with Crippen molar-refractivity contribution in [3.63, 3.8) is 0 Å². The van der Waals surface area contributed by atoms with Crippen LogP contribution in [0.4, 0.5) is 16.2 Å². The molecule has 0 saturated carbocycles. The second-order valence-corrected chi connectivity index (χ2v) is 7.48. The molecule has 0 aliphatic carbocycles.